The van der Waals surface area contributed by atoms with Gasteiger partial charge in [0.15, 0.2) is 5.78 Å². The van der Waals surface area contributed by atoms with Crippen LogP contribution in [0.3, 0.4) is 0 Å². The van der Waals surface area contributed by atoms with Crippen LogP contribution in [-0.2, 0) is 7.05 Å². The van der Waals surface area contributed by atoms with Gasteiger partial charge in [0.2, 0.25) is 0 Å². The van der Waals surface area contributed by atoms with Crippen molar-refractivity contribution in [2.24, 2.45) is 7.05 Å². The zero-order valence-electron chi connectivity index (χ0n) is 11.7. The van der Waals surface area contributed by atoms with E-state index < -0.39 is 0 Å². The normalized spacial score (nSPS) is 11.0. The third-order valence-electron chi connectivity index (χ3n) is 3.63. The summed E-state index contributed by atoms with van der Waals surface area (Å²) in [5.41, 5.74) is 2.29. The Bertz CT molecular complexity index is 867. The van der Waals surface area contributed by atoms with Gasteiger partial charge in [-0.1, -0.05) is 29.8 Å². The van der Waals surface area contributed by atoms with Gasteiger partial charge in [-0.15, -0.1) is 0 Å². The van der Waals surface area contributed by atoms with E-state index >= 15 is 0 Å². The minimum Gasteiger partial charge on any atom is -0.350 e. The number of carbonyl (C=O) groups excluding carboxylic acids is 1. The van der Waals surface area contributed by atoms with E-state index in [9.17, 15) is 9.18 Å². The number of aryl methyl sites for hydroxylation is 2. The fraction of sp³-hybridized carbons (Fsp3) is 0.118. The second-order valence-electron chi connectivity index (χ2n) is 5.11. The maximum Gasteiger partial charge on any atom is 0.195 e. The highest BCUT2D eigenvalue weighted by molar-refractivity contribution is 6.31. The third kappa shape index (κ3) is 2.34. The van der Waals surface area contributed by atoms with E-state index in [-0.39, 0.29) is 11.6 Å². The molecule has 3 aromatic rings. The molecule has 1 heterocycles. The van der Waals surface area contributed by atoms with E-state index in [1.165, 1.54) is 6.07 Å². The van der Waals surface area contributed by atoms with Gasteiger partial charge < -0.3 is 4.57 Å². The van der Waals surface area contributed by atoms with Crippen LogP contribution in [0.4, 0.5) is 4.39 Å². The summed E-state index contributed by atoms with van der Waals surface area (Å²) in [6, 6.07) is 9.92. The van der Waals surface area contributed by atoms with E-state index in [1.54, 1.807) is 31.3 Å². The van der Waals surface area contributed by atoms with Crippen LogP contribution in [0.5, 0.6) is 0 Å². The zero-order chi connectivity index (χ0) is 15.1. The maximum atomic E-state index is 13.7. The van der Waals surface area contributed by atoms with Gasteiger partial charge in [0, 0.05) is 40.3 Å². The van der Waals surface area contributed by atoms with Gasteiger partial charge in [0.1, 0.15) is 5.82 Å². The number of fused-ring (bicyclic) bond motifs is 1. The van der Waals surface area contributed by atoms with Crippen LogP contribution in [0, 0.1) is 12.7 Å². The lowest BCUT2D eigenvalue weighted by atomic mass is 10.0. The molecule has 0 aliphatic heterocycles. The van der Waals surface area contributed by atoms with Crippen molar-refractivity contribution in [1.82, 2.24) is 4.57 Å². The average molecular weight is 302 g/mol. The molecule has 3 rings (SSSR count). The Morgan fingerprint density at radius 1 is 1.19 bits per heavy atom. The number of aromatic nitrogens is 1. The Hall–Kier alpha value is -2.13. The Morgan fingerprint density at radius 3 is 2.67 bits per heavy atom. The molecule has 0 aliphatic rings. The zero-order valence-corrected chi connectivity index (χ0v) is 12.4. The summed E-state index contributed by atoms with van der Waals surface area (Å²) in [4.78, 5) is 12.6. The van der Waals surface area contributed by atoms with E-state index in [0.717, 1.165) is 10.9 Å². The van der Waals surface area contributed by atoms with Crippen LogP contribution >= 0.6 is 11.6 Å². The Morgan fingerprint density at radius 2 is 1.95 bits per heavy atom. The van der Waals surface area contributed by atoms with Crippen molar-refractivity contribution in [1.29, 1.82) is 0 Å². The predicted molar refractivity (Wildman–Crippen MR) is 82.5 cm³/mol. The fourth-order valence-corrected chi connectivity index (χ4v) is 2.59. The standard InChI is InChI=1S/C17H13ClFNO/c1-10-3-4-11(7-15(10)19)17(21)14-9-20(2)16-8-12(18)5-6-13(14)16/h3-9H,1-2H3. The number of ketones is 1. The summed E-state index contributed by atoms with van der Waals surface area (Å²) < 4.78 is 15.5. The number of hydrogen-bond acceptors (Lipinski definition) is 1. The van der Waals surface area contributed by atoms with Gasteiger partial charge in [-0.25, -0.2) is 4.39 Å². The van der Waals surface area contributed by atoms with Crippen LogP contribution in [0.1, 0.15) is 21.5 Å². The fourth-order valence-electron chi connectivity index (χ4n) is 2.43. The van der Waals surface area contributed by atoms with Crippen LogP contribution in [0.15, 0.2) is 42.6 Å². The van der Waals surface area contributed by atoms with Crippen molar-refractivity contribution >= 4 is 28.3 Å². The number of rotatable bonds is 2. The second kappa shape index (κ2) is 5.01. The maximum absolute atomic E-state index is 13.7. The minimum atomic E-state index is -0.371. The molecule has 21 heavy (non-hydrogen) atoms. The first-order chi connectivity index (χ1) is 9.97. The number of benzene rings is 2. The molecule has 0 unspecified atom stereocenters. The number of carbonyl (C=O) groups is 1. The lowest BCUT2D eigenvalue weighted by molar-refractivity contribution is 0.103. The molecule has 0 atom stereocenters. The van der Waals surface area contributed by atoms with Crippen molar-refractivity contribution in [3.05, 3.63) is 70.1 Å². The Labute approximate surface area is 126 Å². The molecule has 2 nitrogen and oxygen atoms in total. The summed E-state index contributed by atoms with van der Waals surface area (Å²) in [6.45, 7) is 1.67. The first kappa shape index (κ1) is 13.8. The summed E-state index contributed by atoms with van der Waals surface area (Å²) >= 11 is 5.99. The highest BCUT2D eigenvalue weighted by Gasteiger charge is 2.16. The highest BCUT2D eigenvalue weighted by Crippen LogP contribution is 2.26. The summed E-state index contributed by atoms with van der Waals surface area (Å²) in [5, 5.41) is 1.43. The molecular formula is C17H13ClFNO. The molecular weight excluding hydrogens is 289 g/mol. The van der Waals surface area contributed by atoms with Crippen molar-refractivity contribution < 1.29 is 9.18 Å². The molecule has 4 heteroatoms. The number of halogens is 2. The smallest absolute Gasteiger partial charge is 0.195 e. The molecule has 1 aromatic heterocycles. The highest BCUT2D eigenvalue weighted by atomic mass is 35.5. The third-order valence-corrected chi connectivity index (χ3v) is 3.87. The molecule has 0 radical (unpaired) electrons. The predicted octanol–water partition coefficient (Wildman–Crippen LogP) is 4.51. The number of nitrogens with zero attached hydrogens (tertiary/aromatic N) is 1. The molecule has 0 saturated heterocycles. The van der Waals surface area contributed by atoms with E-state index in [2.05, 4.69) is 0 Å². The number of hydrogen-bond donors (Lipinski definition) is 0. The quantitative estimate of drug-likeness (QED) is 0.638. The van der Waals surface area contributed by atoms with E-state index in [1.807, 2.05) is 23.7 Å². The van der Waals surface area contributed by atoms with Gasteiger partial charge in [0.25, 0.3) is 0 Å². The topological polar surface area (TPSA) is 22.0 Å². The molecule has 106 valence electrons. The molecule has 0 fully saturated rings. The van der Waals surface area contributed by atoms with Crippen LogP contribution in [0.2, 0.25) is 5.02 Å². The SMILES string of the molecule is Cc1ccc(C(=O)c2cn(C)c3cc(Cl)ccc23)cc1F. The van der Waals surface area contributed by atoms with Crippen molar-refractivity contribution in [2.75, 3.05) is 0 Å². The van der Waals surface area contributed by atoms with Gasteiger partial charge in [0.05, 0.1) is 0 Å². The molecule has 0 N–H and O–H groups in total. The van der Waals surface area contributed by atoms with Gasteiger partial charge in [-0.2, -0.15) is 0 Å². The minimum absolute atomic E-state index is 0.193. The van der Waals surface area contributed by atoms with E-state index in [0.29, 0.717) is 21.7 Å². The molecule has 0 spiro atoms. The average Bonchev–Trinajstić information content (AvgIpc) is 2.78. The first-order valence-electron chi connectivity index (χ1n) is 6.53. The van der Waals surface area contributed by atoms with Crippen LogP contribution in [0.25, 0.3) is 10.9 Å². The Balaban J connectivity index is 2.15. The van der Waals surface area contributed by atoms with E-state index in [4.69, 9.17) is 11.6 Å². The van der Waals surface area contributed by atoms with Gasteiger partial charge in [-0.05, 0) is 30.7 Å². The lowest BCUT2D eigenvalue weighted by Crippen LogP contribution is -2.01. The summed E-state index contributed by atoms with van der Waals surface area (Å²) in [6.07, 6.45) is 1.75. The lowest BCUT2D eigenvalue weighted by Gasteiger charge is -2.02. The Kier molecular flexibility index (Phi) is 3.30. The van der Waals surface area contributed by atoms with Gasteiger partial charge in [-0.3, -0.25) is 4.79 Å². The largest absolute Gasteiger partial charge is 0.350 e. The van der Waals surface area contributed by atoms with Crippen molar-refractivity contribution in [3.8, 4) is 0 Å². The molecule has 2 aromatic carbocycles. The van der Waals surface area contributed by atoms with Gasteiger partial charge >= 0.3 is 0 Å². The monoisotopic (exact) mass is 301 g/mol. The first-order valence-corrected chi connectivity index (χ1v) is 6.90. The van der Waals surface area contributed by atoms with Crippen LogP contribution in [-0.4, -0.2) is 10.4 Å². The van der Waals surface area contributed by atoms with Crippen molar-refractivity contribution in [3.63, 3.8) is 0 Å². The summed E-state index contributed by atoms with van der Waals surface area (Å²) in [7, 11) is 1.85. The molecule has 0 bridgehead atoms. The molecule has 0 saturated carbocycles. The second-order valence-corrected chi connectivity index (χ2v) is 5.54. The van der Waals surface area contributed by atoms with Crippen LogP contribution < -0.4 is 0 Å². The van der Waals surface area contributed by atoms with Crippen molar-refractivity contribution in [2.45, 2.75) is 6.92 Å². The summed E-state index contributed by atoms with van der Waals surface area (Å²) in [5.74, 6) is -0.564. The molecule has 0 amide bonds. The molecule has 0 aliphatic carbocycles.